The topological polar surface area (TPSA) is 36.9 Å². The summed E-state index contributed by atoms with van der Waals surface area (Å²) in [6, 6.07) is 16.3. The Bertz CT molecular complexity index is 563. The van der Waals surface area contributed by atoms with E-state index in [1.165, 1.54) is 11.1 Å². The minimum absolute atomic E-state index is 0.270. The Morgan fingerprint density at radius 2 is 1.22 bits per heavy atom. The van der Waals surface area contributed by atoms with Gasteiger partial charge in [0.25, 0.3) is 0 Å². The summed E-state index contributed by atoms with van der Waals surface area (Å²) >= 11 is 0. The average molecular weight is 316 g/mol. The van der Waals surface area contributed by atoms with Crippen molar-refractivity contribution >= 4 is 0 Å². The smallest absolute Gasteiger partial charge is 0.188 e. The first-order chi connectivity index (χ1) is 11.2. The van der Waals surface area contributed by atoms with E-state index in [-0.39, 0.29) is 13.6 Å². The number of methoxy groups -OCH3 is 2. The van der Waals surface area contributed by atoms with Crippen molar-refractivity contribution in [2.24, 2.45) is 0 Å². The second-order valence-corrected chi connectivity index (χ2v) is 5.42. The Morgan fingerprint density at radius 3 is 1.70 bits per heavy atom. The predicted molar refractivity (Wildman–Crippen MR) is 90.0 cm³/mol. The van der Waals surface area contributed by atoms with Crippen LogP contribution in [-0.2, 0) is 15.9 Å². The van der Waals surface area contributed by atoms with Crippen molar-refractivity contribution in [3.05, 3.63) is 59.7 Å². The zero-order valence-corrected chi connectivity index (χ0v) is 14.0. The zero-order chi connectivity index (χ0) is 16.5. The van der Waals surface area contributed by atoms with Crippen LogP contribution in [0.25, 0.3) is 0 Å². The van der Waals surface area contributed by atoms with Crippen LogP contribution in [0.5, 0.6) is 11.5 Å². The Balaban J connectivity index is 1.91. The molecule has 0 aliphatic heterocycles. The number of hydrogen-bond acceptors (Lipinski definition) is 4. The van der Waals surface area contributed by atoms with Gasteiger partial charge in [0.2, 0.25) is 0 Å². The zero-order valence-electron chi connectivity index (χ0n) is 14.0. The highest BCUT2D eigenvalue weighted by atomic mass is 16.7. The third-order valence-electron chi connectivity index (χ3n) is 3.60. The predicted octanol–water partition coefficient (Wildman–Crippen LogP) is 4.00. The van der Waals surface area contributed by atoms with E-state index in [1.54, 1.807) is 14.2 Å². The lowest BCUT2D eigenvalue weighted by molar-refractivity contribution is 0.0509. The molecule has 0 aliphatic carbocycles. The molecule has 2 rings (SSSR count). The maximum atomic E-state index is 5.41. The fourth-order valence-corrected chi connectivity index (χ4v) is 2.34. The van der Waals surface area contributed by atoms with Gasteiger partial charge in [0.1, 0.15) is 11.5 Å². The molecule has 0 aliphatic rings. The monoisotopic (exact) mass is 316 g/mol. The highest BCUT2D eigenvalue weighted by molar-refractivity contribution is 5.32. The van der Waals surface area contributed by atoms with Crippen LogP contribution in [0.4, 0.5) is 0 Å². The molecule has 0 amide bonds. The number of benzene rings is 2. The van der Waals surface area contributed by atoms with Crippen molar-refractivity contribution < 1.29 is 18.9 Å². The van der Waals surface area contributed by atoms with E-state index in [1.807, 2.05) is 24.3 Å². The van der Waals surface area contributed by atoms with E-state index in [2.05, 4.69) is 31.2 Å². The maximum absolute atomic E-state index is 5.41. The lowest BCUT2D eigenvalue weighted by atomic mass is 9.94. The Morgan fingerprint density at radius 1 is 0.739 bits per heavy atom. The first-order valence-electron chi connectivity index (χ1n) is 7.65. The lowest BCUT2D eigenvalue weighted by Crippen LogP contribution is -2.01. The van der Waals surface area contributed by atoms with Gasteiger partial charge in [0, 0.05) is 14.2 Å². The molecule has 1 atom stereocenters. The molecular formula is C19H24O4. The summed E-state index contributed by atoms with van der Waals surface area (Å²) in [5, 5.41) is 0. The second-order valence-electron chi connectivity index (χ2n) is 5.42. The molecule has 23 heavy (non-hydrogen) atoms. The van der Waals surface area contributed by atoms with Gasteiger partial charge in [-0.25, -0.2) is 0 Å². The number of hydrogen-bond donors (Lipinski definition) is 0. The van der Waals surface area contributed by atoms with Crippen molar-refractivity contribution in [1.29, 1.82) is 0 Å². The highest BCUT2D eigenvalue weighted by Crippen LogP contribution is 2.24. The Labute approximate surface area is 137 Å². The van der Waals surface area contributed by atoms with Gasteiger partial charge < -0.3 is 18.9 Å². The quantitative estimate of drug-likeness (QED) is 0.655. The second kappa shape index (κ2) is 9.18. The van der Waals surface area contributed by atoms with E-state index >= 15 is 0 Å². The van der Waals surface area contributed by atoms with Gasteiger partial charge in [-0.15, -0.1) is 0 Å². The Hall–Kier alpha value is -2.04. The van der Waals surface area contributed by atoms with Crippen molar-refractivity contribution in [2.75, 3.05) is 27.8 Å². The van der Waals surface area contributed by atoms with Gasteiger partial charge in [-0.3, -0.25) is 0 Å². The highest BCUT2D eigenvalue weighted by Gasteiger charge is 2.07. The minimum Gasteiger partial charge on any atom is -0.468 e. The molecule has 0 spiro atoms. The summed E-state index contributed by atoms with van der Waals surface area (Å²) in [7, 11) is 3.23. The molecule has 0 radical (unpaired) electrons. The van der Waals surface area contributed by atoms with Crippen molar-refractivity contribution in [3.63, 3.8) is 0 Å². The van der Waals surface area contributed by atoms with Crippen molar-refractivity contribution in [2.45, 2.75) is 19.3 Å². The van der Waals surface area contributed by atoms with Crippen LogP contribution in [0, 0.1) is 0 Å². The summed E-state index contributed by atoms with van der Waals surface area (Å²) in [4.78, 5) is 0. The van der Waals surface area contributed by atoms with Gasteiger partial charge >= 0.3 is 0 Å². The molecule has 0 aromatic heterocycles. The SMILES string of the molecule is COCOc1ccc(CC(C)c2ccc(OCOC)cc2)cc1. The fraction of sp³-hybridized carbons (Fsp3) is 0.368. The maximum Gasteiger partial charge on any atom is 0.188 e. The normalized spacial score (nSPS) is 12.0. The third-order valence-corrected chi connectivity index (χ3v) is 3.60. The summed E-state index contributed by atoms with van der Waals surface area (Å²) < 4.78 is 20.6. The third kappa shape index (κ3) is 5.58. The van der Waals surface area contributed by atoms with Crippen LogP contribution in [0.1, 0.15) is 24.0 Å². The van der Waals surface area contributed by atoms with Crippen LogP contribution in [0.2, 0.25) is 0 Å². The van der Waals surface area contributed by atoms with E-state index in [9.17, 15) is 0 Å². The first kappa shape index (κ1) is 17.3. The molecule has 124 valence electrons. The van der Waals surface area contributed by atoms with Crippen molar-refractivity contribution in [3.8, 4) is 11.5 Å². The van der Waals surface area contributed by atoms with Crippen LogP contribution in [0.3, 0.4) is 0 Å². The van der Waals surface area contributed by atoms with Gasteiger partial charge in [-0.05, 0) is 47.7 Å². The van der Waals surface area contributed by atoms with Crippen molar-refractivity contribution in [1.82, 2.24) is 0 Å². The summed E-state index contributed by atoms with van der Waals surface area (Å²) in [6.07, 6.45) is 0.975. The molecule has 1 unspecified atom stereocenters. The van der Waals surface area contributed by atoms with Crippen LogP contribution < -0.4 is 9.47 Å². The van der Waals surface area contributed by atoms with Gasteiger partial charge in [0.15, 0.2) is 13.6 Å². The fourth-order valence-electron chi connectivity index (χ4n) is 2.34. The van der Waals surface area contributed by atoms with E-state index in [0.29, 0.717) is 5.92 Å². The van der Waals surface area contributed by atoms with Crippen LogP contribution >= 0.6 is 0 Å². The van der Waals surface area contributed by atoms with Crippen LogP contribution in [0.15, 0.2) is 48.5 Å². The first-order valence-corrected chi connectivity index (χ1v) is 7.65. The molecule has 4 heteroatoms. The summed E-state index contributed by atoms with van der Waals surface area (Å²) in [6.45, 7) is 2.76. The molecular weight excluding hydrogens is 292 g/mol. The average Bonchev–Trinajstić information content (AvgIpc) is 2.59. The standard InChI is InChI=1S/C19H24O4/c1-15(17-6-10-19(11-7-17)23-14-21-3)12-16-4-8-18(9-5-16)22-13-20-2/h4-11,15H,12-14H2,1-3H3. The van der Waals surface area contributed by atoms with Gasteiger partial charge in [-0.2, -0.15) is 0 Å². The molecule has 2 aromatic carbocycles. The van der Waals surface area contributed by atoms with E-state index in [0.717, 1.165) is 17.9 Å². The summed E-state index contributed by atoms with van der Waals surface area (Å²) in [5.74, 6) is 2.07. The van der Waals surface area contributed by atoms with Gasteiger partial charge in [-0.1, -0.05) is 31.2 Å². The number of ether oxygens (including phenoxy) is 4. The molecule has 0 N–H and O–H groups in total. The molecule has 0 heterocycles. The van der Waals surface area contributed by atoms with E-state index < -0.39 is 0 Å². The van der Waals surface area contributed by atoms with Crippen LogP contribution in [-0.4, -0.2) is 27.8 Å². The minimum atomic E-state index is 0.270. The Kier molecular flexibility index (Phi) is 6.91. The largest absolute Gasteiger partial charge is 0.468 e. The molecule has 0 saturated heterocycles. The van der Waals surface area contributed by atoms with Gasteiger partial charge in [0.05, 0.1) is 0 Å². The lowest BCUT2D eigenvalue weighted by Gasteiger charge is -2.13. The van der Waals surface area contributed by atoms with E-state index in [4.69, 9.17) is 18.9 Å². The molecule has 0 fully saturated rings. The molecule has 2 aromatic rings. The molecule has 0 bridgehead atoms. The number of rotatable bonds is 9. The summed E-state index contributed by atoms with van der Waals surface area (Å²) in [5.41, 5.74) is 2.57. The molecule has 0 saturated carbocycles. The molecule has 4 nitrogen and oxygen atoms in total.